The van der Waals surface area contributed by atoms with Gasteiger partial charge < -0.3 is 9.67 Å². The topological polar surface area (TPSA) is 59.3 Å². The van der Waals surface area contributed by atoms with Gasteiger partial charge >= 0.3 is 5.97 Å². The third-order valence-electron chi connectivity index (χ3n) is 3.84. The van der Waals surface area contributed by atoms with Gasteiger partial charge in [0.25, 0.3) is 5.56 Å². The Kier molecular flexibility index (Phi) is 3.93. The number of nitrogens with zero attached hydrogens (tertiary/aromatic N) is 1. The Balaban J connectivity index is 2.74. The molecule has 0 radical (unpaired) electrons. The Bertz CT molecular complexity index is 729. The van der Waals surface area contributed by atoms with Crippen LogP contribution in [0.4, 0.5) is 0 Å². The number of aromatic nitrogens is 1. The number of carbonyl (C=O) groups is 1. The predicted octanol–water partition coefficient (Wildman–Crippen LogP) is 2.43. The number of fused-ring (bicyclic) bond motifs is 1. The van der Waals surface area contributed by atoms with Gasteiger partial charge in [-0.2, -0.15) is 0 Å². The minimum atomic E-state index is -0.881. The van der Waals surface area contributed by atoms with Gasteiger partial charge in [-0.3, -0.25) is 9.59 Å². The van der Waals surface area contributed by atoms with Crippen molar-refractivity contribution >= 4 is 16.9 Å². The van der Waals surface area contributed by atoms with Crippen LogP contribution in [0, 0.1) is 6.92 Å². The molecule has 1 heterocycles. The lowest BCUT2D eigenvalue weighted by atomic mass is 9.98. The van der Waals surface area contributed by atoms with Gasteiger partial charge in [0.2, 0.25) is 0 Å². The first-order chi connectivity index (χ1) is 9.47. The summed E-state index contributed by atoms with van der Waals surface area (Å²) in [6, 6.07) is 6.01. The molecular formula is C16H19NO3. The van der Waals surface area contributed by atoms with Crippen LogP contribution in [0.5, 0.6) is 0 Å². The van der Waals surface area contributed by atoms with Gasteiger partial charge in [-0.1, -0.05) is 25.1 Å². The van der Waals surface area contributed by atoms with Crippen LogP contribution < -0.4 is 5.56 Å². The fourth-order valence-electron chi connectivity index (χ4n) is 2.73. The van der Waals surface area contributed by atoms with Crippen LogP contribution in [0.25, 0.3) is 10.9 Å². The van der Waals surface area contributed by atoms with Gasteiger partial charge in [-0.25, -0.2) is 0 Å². The molecule has 20 heavy (non-hydrogen) atoms. The molecule has 0 aliphatic carbocycles. The molecule has 0 fully saturated rings. The van der Waals surface area contributed by atoms with Gasteiger partial charge in [0.05, 0.1) is 5.52 Å². The minimum absolute atomic E-state index is 0.0188. The summed E-state index contributed by atoms with van der Waals surface area (Å²) < 4.78 is 1.65. The molecule has 0 amide bonds. The summed E-state index contributed by atoms with van der Waals surface area (Å²) in [4.78, 5) is 23.2. The Labute approximate surface area is 117 Å². The van der Waals surface area contributed by atoms with Crippen LogP contribution in [0.15, 0.2) is 23.0 Å². The molecule has 1 aromatic carbocycles. The number of hydrogen-bond donors (Lipinski definition) is 1. The van der Waals surface area contributed by atoms with E-state index in [4.69, 9.17) is 5.11 Å². The molecule has 106 valence electrons. The van der Waals surface area contributed by atoms with Crippen LogP contribution in [-0.4, -0.2) is 15.6 Å². The predicted molar refractivity (Wildman–Crippen MR) is 79.3 cm³/mol. The number of carboxylic acids is 1. The summed E-state index contributed by atoms with van der Waals surface area (Å²) in [5, 5.41) is 9.85. The number of para-hydroxylation sites is 1. The Hall–Kier alpha value is -2.10. The molecule has 0 spiro atoms. The molecule has 4 heteroatoms. The lowest BCUT2D eigenvalue weighted by molar-refractivity contribution is -0.136. The number of carboxylic acid groups (broad SMARTS) is 1. The summed E-state index contributed by atoms with van der Waals surface area (Å²) in [5.74, 6) is -0.881. The first kappa shape index (κ1) is 14.3. The van der Waals surface area contributed by atoms with E-state index in [0.29, 0.717) is 5.56 Å². The maximum absolute atomic E-state index is 12.5. The van der Waals surface area contributed by atoms with E-state index in [1.54, 1.807) is 11.6 Å². The highest BCUT2D eigenvalue weighted by Crippen LogP contribution is 2.23. The molecule has 0 saturated carbocycles. The number of benzene rings is 1. The van der Waals surface area contributed by atoms with Crippen molar-refractivity contribution in [2.75, 3.05) is 0 Å². The number of aliphatic carboxylic acids is 1. The zero-order valence-corrected chi connectivity index (χ0v) is 12.1. The molecule has 0 saturated heterocycles. The van der Waals surface area contributed by atoms with Gasteiger partial charge in [0.1, 0.15) is 0 Å². The summed E-state index contributed by atoms with van der Waals surface area (Å²) in [7, 11) is 1.76. The van der Waals surface area contributed by atoms with E-state index in [0.717, 1.165) is 28.5 Å². The smallest absolute Gasteiger partial charge is 0.303 e. The number of hydrogen-bond acceptors (Lipinski definition) is 2. The van der Waals surface area contributed by atoms with E-state index in [1.807, 2.05) is 25.1 Å². The van der Waals surface area contributed by atoms with Crippen molar-refractivity contribution in [1.82, 2.24) is 4.57 Å². The molecule has 0 unspecified atom stereocenters. The highest BCUT2D eigenvalue weighted by atomic mass is 16.4. The van der Waals surface area contributed by atoms with Crippen LogP contribution in [0.2, 0.25) is 0 Å². The van der Waals surface area contributed by atoms with Crippen LogP contribution >= 0.6 is 0 Å². The molecule has 4 nitrogen and oxygen atoms in total. The third kappa shape index (κ3) is 2.33. The maximum Gasteiger partial charge on any atom is 0.303 e. The Morgan fingerprint density at radius 2 is 2.05 bits per heavy atom. The standard InChI is InChI=1S/C16H19NO3/c1-4-11-6-5-7-12-10(2)13(8-9-14(18)19)16(20)17(3)15(11)12/h5-7H,4,8-9H2,1-3H3,(H,18,19). The minimum Gasteiger partial charge on any atom is -0.481 e. The van der Waals surface area contributed by atoms with E-state index in [1.165, 1.54) is 0 Å². The molecular weight excluding hydrogens is 254 g/mol. The Morgan fingerprint density at radius 3 is 2.65 bits per heavy atom. The molecule has 2 aromatic rings. The molecule has 2 rings (SSSR count). The quantitative estimate of drug-likeness (QED) is 0.930. The highest BCUT2D eigenvalue weighted by molar-refractivity contribution is 5.86. The van der Waals surface area contributed by atoms with E-state index < -0.39 is 5.97 Å². The molecule has 0 atom stereocenters. The zero-order chi connectivity index (χ0) is 14.9. The second-order valence-corrected chi connectivity index (χ2v) is 5.03. The van der Waals surface area contributed by atoms with Crippen molar-refractivity contribution in [2.45, 2.75) is 33.1 Å². The molecule has 1 aromatic heterocycles. The Morgan fingerprint density at radius 1 is 1.35 bits per heavy atom. The fourth-order valence-corrected chi connectivity index (χ4v) is 2.73. The first-order valence-electron chi connectivity index (χ1n) is 6.79. The fraction of sp³-hybridized carbons (Fsp3) is 0.375. The largest absolute Gasteiger partial charge is 0.481 e. The first-order valence-corrected chi connectivity index (χ1v) is 6.79. The van der Waals surface area contributed by atoms with Crippen LogP contribution in [0.1, 0.15) is 30.0 Å². The summed E-state index contributed by atoms with van der Waals surface area (Å²) in [6.45, 7) is 3.97. The van der Waals surface area contributed by atoms with Crippen molar-refractivity contribution in [3.05, 3.63) is 45.2 Å². The van der Waals surface area contributed by atoms with Crippen LogP contribution in [0.3, 0.4) is 0 Å². The van der Waals surface area contributed by atoms with Gasteiger partial charge in [-0.15, -0.1) is 0 Å². The van der Waals surface area contributed by atoms with Crippen molar-refractivity contribution in [1.29, 1.82) is 0 Å². The SMILES string of the molecule is CCc1cccc2c(C)c(CCC(=O)O)c(=O)n(C)c12. The maximum atomic E-state index is 12.5. The van der Waals surface area contributed by atoms with Crippen molar-refractivity contribution in [3.63, 3.8) is 0 Å². The number of pyridine rings is 1. The van der Waals surface area contributed by atoms with Gasteiger partial charge in [-0.05, 0) is 30.9 Å². The molecule has 0 aliphatic heterocycles. The average Bonchev–Trinajstić information content (AvgIpc) is 2.43. The van der Waals surface area contributed by atoms with Crippen molar-refractivity contribution in [2.24, 2.45) is 7.05 Å². The van der Waals surface area contributed by atoms with E-state index in [2.05, 4.69) is 6.92 Å². The van der Waals surface area contributed by atoms with Gasteiger partial charge in [0, 0.05) is 24.4 Å². The van der Waals surface area contributed by atoms with E-state index in [-0.39, 0.29) is 18.4 Å². The molecule has 0 aliphatic rings. The van der Waals surface area contributed by atoms with Crippen molar-refractivity contribution < 1.29 is 9.90 Å². The summed E-state index contributed by atoms with van der Waals surface area (Å²) >= 11 is 0. The second kappa shape index (κ2) is 5.49. The third-order valence-corrected chi connectivity index (χ3v) is 3.84. The lowest BCUT2D eigenvalue weighted by Gasteiger charge is -2.15. The molecule has 0 bridgehead atoms. The average molecular weight is 273 g/mol. The number of rotatable bonds is 4. The van der Waals surface area contributed by atoms with E-state index in [9.17, 15) is 9.59 Å². The molecule has 1 N–H and O–H groups in total. The normalized spacial score (nSPS) is 10.9. The van der Waals surface area contributed by atoms with Crippen LogP contribution in [-0.2, 0) is 24.7 Å². The second-order valence-electron chi connectivity index (χ2n) is 5.03. The zero-order valence-electron chi connectivity index (χ0n) is 12.1. The van der Waals surface area contributed by atoms with Crippen molar-refractivity contribution in [3.8, 4) is 0 Å². The monoisotopic (exact) mass is 273 g/mol. The number of aryl methyl sites for hydroxylation is 3. The highest BCUT2D eigenvalue weighted by Gasteiger charge is 2.14. The summed E-state index contributed by atoms with van der Waals surface area (Å²) in [6.07, 6.45) is 1.12. The van der Waals surface area contributed by atoms with E-state index >= 15 is 0 Å². The summed E-state index contributed by atoms with van der Waals surface area (Å²) in [5.41, 5.74) is 3.51. The van der Waals surface area contributed by atoms with Gasteiger partial charge in [0.15, 0.2) is 0 Å². The lowest BCUT2D eigenvalue weighted by Crippen LogP contribution is -2.24.